The smallest absolute Gasteiger partial charge is 0.292 e. The van der Waals surface area contributed by atoms with Gasteiger partial charge < -0.3 is 10.4 Å². The first-order valence-electron chi connectivity index (χ1n) is 5.38. The number of nitrogens with one attached hydrogen (secondary N) is 1. The normalized spacial score (nSPS) is 12.2. The second-order valence-corrected chi connectivity index (χ2v) is 5.55. The van der Waals surface area contributed by atoms with Crippen LogP contribution < -0.4 is 5.32 Å². The lowest BCUT2D eigenvalue weighted by atomic mass is 10.2. The predicted molar refractivity (Wildman–Crippen MR) is 78.3 cm³/mol. The van der Waals surface area contributed by atoms with Crippen LogP contribution in [-0.2, 0) is 0 Å². The van der Waals surface area contributed by atoms with Crippen molar-refractivity contribution in [3.63, 3.8) is 0 Å². The Balaban J connectivity index is 2.92. The molecule has 100 valence electrons. The van der Waals surface area contributed by atoms with Gasteiger partial charge in [-0.3, -0.25) is 10.1 Å². The molecule has 1 aromatic rings. The number of rotatable bonds is 7. The van der Waals surface area contributed by atoms with Gasteiger partial charge in [0.05, 0.1) is 4.92 Å². The van der Waals surface area contributed by atoms with Crippen LogP contribution in [0.2, 0.25) is 0 Å². The monoisotopic (exact) mass is 334 g/mol. The Hall–Kier alpha value is -0.790. The molecule has 0 saturated heterocycles. The zero-order valence-electron chi connectivity index (χ0n) is 9.93. The number of aliphatic hydroxyl groups excluding tert-OH is 1. The van der Waals surface area contributed by atoms with Crippen molar-refractivity contribution in [3.05, 3.63) is 32.8 Å². The van der Waals surface area contributed by atoms with E-state index in [1.54, 1.807) is 23.9 Å². The van der Waals surface area contributed by atoms with Gasteiger partial charge in [-0.25, -0.2) is 0 Å². The lowest BCUT2D eigenvalue weighted by molar-refractivity contribution is -0.384. The maximum atomic E-state index is 10.9. The molecular formula is C11H15BrN2O3S. The molecule has 0 aliphatic rings. The lowest BCUT2D eigenvalue weighted by Crippen LogP contribution is -2.24. The molecule has 1 rings (SSSR count). The van der Waals surface area contributed by atoms with Gasteiger partial charge in [0.2, 0.25) is 0 Å². The Bertz CT molecular complexity index is 411. The third kappa shape index (κ3) is 4.47. The van der Waals surface area contributed by atoms with Crippen LogP contribution in [0.3, 0.4) is 0 Å². The first-order valence-corrected chi connectivity index (χ1v) is 7.57. The van der Waals surface area contributed by atoms with E-state index in [2.05, 4.69) is 21.2 Å². The second kappa shape index (κ2) is 7.60. The minimum Gasteiger partial charge on any atom is -0.396 e. The number of aliphatic hydroxyl groups is 1. The van der Waals surface area contributed by atoms with E-state index in [1.165, 1.54) is 6.07 Å². The molecule has 0 saturated carbocycles. The molecule has 0 aliphatic carbocycles. The Morgan fingerprint density at radius 2 is 2.33 bits per heavy atom. The first kappa shape index (κ1) is 15.3. The average Bonchev–Trinajstić information content (AvgIpc) is 2.29. The molecule has 0 spiro atoms. The third-order valence-electron chi connectivity index (χ3n) is 2.36. The highest BCUT2D eigenvalue weighted by atomic mass is 79.9. The summed E-state index contributed by atoms with van der Waals surface area (Å²) >= 11 is 4.93. The molecule has 0 heterocycles. The SMILES string of the molecule is CSCC(CCO)Nc1cc(Br)ccc1[N+](=O)[O-]. The Morgan fingerprint density at radius 1 is 1.61 bits per heavy atom. The molecule has 0 fully saturated rings. The van der Waals surface area contributed by atoms with Gasteiger partial charge >= 0.3 is 0 Å². The standard InChI is InChI=1S/C11H15BrN2O3S/c1-18-7-9(4-5-15)13-10-6-8(12)2-3-11(10)14(16)17/h2-3,6,9,13,15H,4-5,7H2,1H3. The fourth-order valence-electron chi connectivity index (χ4n) is 1.56. The zero-order chi connectivity index (χ0) is 13.5. The van der Waals surface area contributed by atoms with Crippen LogP contribution in [-0.4, -0.2) is 34.7 Å². The molecule has 2 N–H and O–H groups in total. The largest absolute Gasteiger partial charge is 0.396 e. The first-order chi connectivity index (χ1) is 8.58. The summed E-state index contributed by atoms with van der Waals surface area (Å²) in [4.78, 5) is 10.5. The highest BCUT2D eigenvalue weighted by molar-refractivity contribution is 9.10. The van der Waals surface area contributed by atoms with Gasteiger partial charge in [0, 0.05) is 28.9 Å². The van der Waals surface area contributed by atoms with Crippen molar-refractivity contribution in [1.82, 2.24) is 0 Å². The van der Waals surface area contributed by atoms with Crippen LogP contribution in [0, 0.1) is 10.1 Å². The summed E-state index contributed by atoms with van der Waals surface area (Å²) in [6.07, 6.45) is 2.52. The third-order valence-corrected chi connectivity index (χ3v) is 3.59. The Kier molecular flexibility index (Phi) is 6.45. The summed E-state index contributed by atoms with van der Waals surface area (Å²) in [6.45, 7) is 0.0556. The fraction of sp³-hybridized carbons (Fsp3) is 0.455. The van der Waals surface area contributed by atoms with Gasteiger partial charge in [0.1, 0.15) is 5.69 Å². The number of hydrogen-bond donors (Lipinski definition) is 2. The highest BCUT2D eigenvalue weighted by Gasteiger charge is 2.17. The Morgan fingerprint density at radius 3 is 2.89 bits per heavy atom. The van der Waals surface area contributed by atoms with Crippen LogP contribution in [0.5, 0.6) is 0 Å². The van der Waals surface area contributed by atoms with Gasteiger partial charge in [-0.2, -0.15) is 11.8 Å². The number of nitro benzene ring substituents is 1. The van der Waals surface area contributed by atoms with Crippen molar-refractivity contribution >= 4 is 39.1 Å². The highest BCUT2D eigenvalue weighted by Crippen LogP contribution is 2.29. The van der Waals surface area contributed by atoms with Gasteiger partial charge in [-0.15, -0.1) is 0 Å². The van der Waals surface area contributed by atoms with Crippen molar-refractivity contribution in [2.75, 3.05) is 23.9 Å². The molecule has 7 heteroatoms. The van der Waals surface area contributed by atoms with E-state index in [0.29, 0.717) is 12.1 Å². The van der Waals surface area contributed by atoms with Crippen molar-refractivity contribution < 1.29 is 10.0 Å². The molecule has 0 aliphatic heterocycles. The van der Waals surface area contributed by atoms with E-state index in [4.69, 9.17) is 5.11 Å². The molecule has 1 unspecified atom stereocenters. The minimum atomic E-state index is -0.413. The molecule has 5 nitrogen and oxygen atoms in total. The zero-order valence-corrected chi connectivity index (χ0v) is 12.3. The maximum absolute atomic E-state index is 10.9. The topological polar surface area (TPSA) is 75.4 Å². The fourth-order valence-corrected chi connectivity index (χ4v) is 2.57. The number of nitrogens with zero attached hydrogens (tertiary/aromatic N) is 1. The van der Waals surface area contributed by atoms with Gasteiger partial charge in [0.25, 0.3) is 5.69 Å². The number of hydrogen-bond acceptors (Lipinski definition) is 5. The van der Waals surface area contributed by atoms with Crippen molar-refractivity contribution in [2.45, 2.75) is 12.5 Å². The van der Waals surface area contributed by atoms with E-state index < -0.39 is 4.92 Å². The van der Waals surface area contributed by atoms with E-state index in [-0.39, 0.29) is 18.3 Å². The molecule has 0 bridgehead atoms. The maximum Gasteiger partial charge on any atom is 0.292 e. The second-order valence-electron chi connectivity index (χ2n) is 3.73. The van der Waals surface area contributed by atoms with Crippen LogP contribution in [0.25, 0.3) is 0 Å². The van der Waals surface area contributed by atoms with Gasteiger partial charge in [-0.1, -0.05) is 15.9 Å². The van der Waals surface area contributed by atoms with Gasteiger partial charge in [-0.05, 0) is 24.8 Å². The Labute approximate surface area is 118 Å². The van der Waals surface area contributed by atoms with E-state index in [1.807, 2.05) is 6.26 Å². The molecule has 1 aromatic carbocycles. The van der Waals surface area contributed by atoms with Gasteiger partial charge in [0.15, 0.2) is 0 Å². The lowest BCUT2D eigenvalue weighted by Gasteiger charge is -2.18. The summed E-state index contributed by atoms with van der Waals surface area (Å²) in [5.41, 5.74) is 0.518. The van der Waals surface area contributed by atoms with Crippen LogP contribution in [0.1, 0.15) is 6.42 Å². The number of nitro groups is 1. The number of thioether (sulfide) groups is 1. The van der Waals surface area contributed by atoms with E-state index >= 15 is 0 Å². The van der Waals surface area contributed by atoms with Crippen LogP contribution >= 0.6 is 27.7 Å². The summed E-state index contributed by atoms with van der Waals surface area (Å²) in [5.74, 6) is 0.782. The van der Waals surface area contributed by atoms with Crippen molar-refractivity contribution in [1.29, 1.82) is 0 Å². The average molecular weight is 335 g/mol. The molecule has 1 atom stereocenters. The van der Waals surface area contributed by atoms with Crippen molar-refractivity contribution in [2.24, 2.45) is 0 Å². The molecular weight excluding hydrogens is 320 g/mol. The number of benzene rings is 1. The summed E-state index contributed by atoms with van der Waals surface area (Å²) < 4.78 is 0.780. The molecule has 0 amide bonds. The molecule has 0 radical (unpaired) electrons. The summed E-state index contributed by atoms with van der Waals surface area (Å²) in [5, 5.41) is 23.0. The predicted octanol–water partition coefficient (Wildman–Crippen LogP) is 2.88. The molecule has 18 heavy (non-hydrogen) atoms. The summed E-state index contributed by atoms with van der Waals surface area (Å²) in [6, 6.07) is 4.79. The van der Waals surface area contributed by atoms with Crippen LogP contribution in [0.15, 0.2) is 22.7 Å². The van der Waals surface area contributed by atoms with Crippen LogP contribution in [0.4, 0.5) is 11.4 Å². The number of halogens is 1. The number of anilines is 1. The molecule has 0 aromatic heterocycles. The minimum absolute atomic E-state index is 0.0120. The summed E-state index contributed by atoms with van der Waals surface area (Å²) in [7, 11) is 0. The van der Waals surface area contributed by atoms with E-state index in [0.717, 1.165) is 10.2 Å². The van der Waals surface area contributed by atoms with Crippen molar-refractivity contribution in [3.8, 4) is 0 Å². The quantitative estimate of drug-likeness (QED) is 0.592. The van der Waals surface area contributed by atoms with E-state index in [9.17, 15) is 10.1 Å².